The van der Waals surface area contributed by atoms with E-state index in [1.807, 2.05) is 0 Å². The third kappa shape index (κ3) is 3.49. The molecule has 0 amide bonds. The van der Waals surface area contributed by atoms with Crippen LogP contribution in [0.2, 0.25) is 0 Å². The lowest BCUT2D eigenvalue weighted by atomic mass is 10.3. The van der Waals surface area contributed by atoms with Crippen molar-refractivity contribution < 1.29 is 18.1 Å². The van der Waals surface area contributed by atoms with Gasteiger partial charge in [-0.15, -0.1) is 0 Å². The van der Waals surface area contributed by atoms with Crippen LogP contribution in [0.1, 0.15) is 6.92 Å². The largest absolute Gasteiger partial charge is 0.383 e. The molecule has 0 saturated heterocycles. The lowest BCUT2D eigenvalue weighted by molar-refractivity contribution is -0.387. The van der Waals surface area contributed by atoms with Gasteiger partial charge >= 0.3 is 0 Å². The SMILES string of the molecule is COC[C@@H](C)NS(=O)(=O)c1ccccc1[N+](=O)[O-]. The highest BCUT2D eigenvalue weighted by Crippen LogP contribution is 2.22. The Labute approximate surface area is 105 Å². The van der Waals surface area contributed by atoms with Crippen LogP contribution in [0.5, 0.6) is 0 Å². The Bertz CT molecular complexity index is 529. The predicted octanol–water partition coefficient (Wildman–Crippen LogP) is 0.908. The molecule has 1 atom stereocenters. The van der Waals surface area contributed by atoms with Gasteiger partial charge in [0.2, 0.25) is 10.0 Å². The van der Waals surface area contributed by atoms with E-state index in [1.54, 1.807) is 6.92 Å². The van der Waals surface area contributed by atoms with Crippen molar-refractivity contribution in [1.29, 1.82) is 0 Å². The summed E-state index contributed by atoms with van der Waals surface area (Å²) in [7, 11) is -2.49. The van der Waals surface area contributed by atoms with Crippen molar-refractivity contribution in [2.75, 3.05) is 13.7 Å². The number of nitrogens with one attached hydrogen (secondary N) is 1. The Morgan fingerprint density at radius 3 is 2.61 bits per heavy atom. The number of nitro benzene ring substituents is 1. The molecule has 0 heterocycles. The summed E-state index contributed by atoms with van der Waals surface area (Å²) in [5, 5.41) is 10.8. The van der Waals surface area contributed by atoms with E-state index in [2.05, 4.69) is 4.72 Å². The van der Waals surface area contributed by atoms with Crippen molar-refractivity contribution in [3.8, 4) is 0 Å². The molecule has 0 unspecified atom stereocenters. The molecule has 7 nitrogen and oxygen atoms in total. The Morgan fingerprint density at radius 1 is 1.44 bits per heavy atom. The van der Waals surface area contributed by atoms with E-state index < -0.39 is 26.7 Å². The quantitative estimate of drug-likeness (QED) is 0.614. The number of hydrogen-bond acceptors (Lipinski definition) is 5. The first-order valence-corrected chi connectivity index (χ1v) is 6.61. The van der Waals surface area contributed by atoms with E-state index in [9.17, 15) is 18.5 Å². The third-order valence-electron chi connectivity index (χ3n) is 2.12. The van der Waals surface area contributed by atoms with Gasteiger partial charge in [0.25, 0.3) is 5.69 Å². The van der Waals surface area contributed by atoms with Crippen molar-refractivity contribution in [3.05, 3.63) is 34.4 Å². The van der Waals surface area contributed by atoms with Crippen molar-refractivity contribution in [3.63, 3.8) is 0 Å². The van der Waals surface area contributed by atoms with Crippen molar-refractivity contribution in [2.45, 2.75) is 17.9 Å². The smallest absolute Gasteiger partial charge is 0.289 e. The number of nitro groups is 1. The van der Waals surface area contributed by atoms with Gasteiger partial charge in [-0.3, -0.25) is 10.1 Å². The highest BCUT2D eigenvalue weighted by molar-refractivity contribution is 7.89. The summed E-state index contributed by atoms with van der Waals surface area (Å²) in [6, 6.07) is 4.72. The second-order valence-corrected chi connectivity index (χ2v) is 5.38. The van der Waals surface area contributed by atoms with Gasteiger partial charge in [-0.2, -0.15) is 0 Å². The zero-order valence-electron chi connectivity index (χ0n) is 9.99. The van der Waals surface area contributed by atoms with E-state index in [-0.39, 0.29) is 11.5 Å². The minimum Gasteiger partial charge on any atom is -0.383 e. The first kappa shape index (κ1) is 14.6. The Kier molecular flexibility index (Phi) is 4.76. The molecule has 18 heavy (non-hydrogen) atoms. The number of nitrogens with zero attached hydrogens (tertiary/aromatic N) is 1. The van der Waals surface area contributed by atoms with Gasteiger partial charge in [0, 0.05) is 19.2 Å². The lowest BCUT2D eigenvalue weighted by Gasteiger charge is -2.13. The van der Waals surface area contributed by atoms with Crippen LogP contribution in [0, 0.1) is 10.1 Å². The number of para-hydroxylation sites is 1. The summed E-state index contributed by atoms with van der Waals surface area (Å²) >= 11 is 0. The monoisotopic (exact) mass is 274 g/mol. The van der Waals surface area contributed by atoms with E-state index >= 15 is 0 Å². The minimum absolute atomic E-state index is 0.180. The van der Waals surface area contributed by atoms with E-state index in [4.69, 9.17) is 4.74 Å². The molecule has 8 heteroatoms. The molecular formula is C10H14N2O5S. The molecule has 0 aromatic heterocycles. The fourth-order valence-electron chi connectivity index (χ4n) is 1.45. The van der Waals surface area contributed by atoms with Crippen LogP contribution in [0.25, 0.3) is 0 Å². The summed E-state index contributed by atoms with van der Waals surface area (Å²) in [6.07, 6.45) is 0. The van der Waals surface area contributed by atoms with Gasteiger partial charge < -0.3 is 4.74 Å². The van der Waals surface area contributed by atoms with Crippen LogP contribution in [0.4, 0.5) is 5.69 Å². The highest BCUT2D eigenvalue weighted by atomic mass is 32.2. The maximum atomic E-state index is 12.0. The van der Waals surface area contributed by atoms with Gasteiger partial charge in [-0.25, -0.2) is 13.1 Å². The first-order valence-electron chi connectivity index (χ1n) is 5.13. The van der Waals surface area contributed by atoms with Crippen LogP contribution in [-0.2, 0) is 14.8 Å². The van der Waals surface area contributed by atoms with Crippen LogP contribution >= 0.6 is 0 Å². The zero-order valence-corrected chi connectivity index (χ0v) is 10.8. The fraction of sp³-hybridized carbons (Fsp3) is 0.400. The second kappa shape index (κ2) is 5.89. The standard InChI is InChI=1S/C10H14N2O5S/c1-8(7-17-2)11-18(15,16)10-6-4-3-5-9(10)12(13)14/h3-6,8,11H,7H2,1-2H3/t8-/m1/s1. The molecule has 0 saturated carbocycles. The predicted molar refractivity (Wildman–Crippen MR) is 64.8 cm³/mol. The van der Waals surface area contributed by atoms with Crippen LogP contribution in [-0.4, -0.2) is 33.1 Å². The van der Waals surface area contributed by atoms with Gasteiger partial charge in [0.05, 0.1) is 11.5 Å². The van der Waals surface area contributed by atoms with Crippen LogP contribution in [0.3, 0.4) is 0 Å². The number of rotatable bonds is 6. The molecule has 0 bridgehead atoms. The molecule has 0 aliphatic carbocycles. The molecular weight excluding hydrogens is 260 g/mol. The summed E-state index contributed by atoms with van der Waals surface area (Å²) in [6.45, 7) is 1.79. The molecule has 0 fully saturated rings. The first-order chi connectivity index (χ1) is 8.38. The number of sulfonamides is 1. The van der Waals surface area contributed by atoms with Crippen LogP contribution < -0.4 is 4.72 Å². The average Bonchev–Trinajstić information content (AvgIpc) is 2.28. The second-order valence-electron chi connectivity index (χ2n) is 3.70. The van der Waals surface area contributed by atoms with Gasteiger partial charge in [-0.05, 0) is 13.0 Å². The molecule has 0 aliphatic rings. The third-order valence-corrected chi connectivity index (χ3v) is 3.76. The van der Waals surface area contributed by atoms with E-state index in [0.29, 0.717) is 0 Å². The number of ether oxygens (including phenoxy) is 1. The minimum atomic E-state index is -3.93. The van der Waals surface area contributed by atoms with E-state index in [0.717, 1.165) is 6.07 Å². The van der Waals surface area contributed by atoms with Crippen molar-refractivity contribution in [1.82, 2.24) is 4.72 Å². The Balaban J connectivity index is 3.09. The number of methoxy groups -OCH3 is 1. The summed E-state index contributed by atoms with van der Waals surface area (Å²) in [4.78, 5) is 9.69. The molecule has 1 rings (SSSR count). The van der Waals surface area contributed by atoms with Crippen LogP contribution in [0.15, 0.2) is 29.2 Å². The number of benzene rings is 1. The average molecular weight is 274 g/mol. The maximum Gasteiger partial charge on any atom is 0.289 e. The molecule has 100 valence electrons. The summed E-state index contributed by atoms with van der Waals surface area (Å²) in [5.41, 5.74) is -0.449. The van der Waals surface area contributed by atoms with Crippen molar-refractivity contribution in [2.24, 2.45) is 0 Å². The zero-order chi connectivity index (χ0) is 13.8. The van der Waals surface area contributed by atoms with Gasteiger partial charge in [0.15, 0.2) is 4.90 Å². The van der Waals surface area contributed by atoms with E-state index in [1.165, 1.54) is 25.3 Å². The Hall–Kier alpha value is -1.51. The normalized spacial score (nSPS) is 13.2. The Morgan fingerprint density at radius 2 is 2.06 bits per heavy atom. The summed E-state index contributed by atoms with van der Waals surface area (Å²) < 4.78 is 31.1. The topological polar surface area (TPSA) is 98.5 Å². The molecule has 1 N–H and O–H groups in total. The molecule has 0 radical (unpaired) electrons. The fourth-order valence-corrected chi connectivity index (χ4v) is 2.85. The molecule has 0 aliphatic heterocycles. The van der Waals surface area contributed by atoms with Crippen molar-refractivity contribution >= 4 is 15.7 Å². The highest BCUT2D eigenvalue weighted by Gasteiger charge is 2.26. The number of hydrogen-bond donors (Lipinski definition) is 1. The molecule has 1 aromatic carbocycles. The molecule has 1 aromatic rings. The van der Waals surface area contributed by atoms with Gasteiger partial charge in [-0.1, -0.05) is 12.1 Å². The molecule has 0 spiro atoms. The maximum absolute atomic E-state index is 12.0. The summed E-state index contributed by atoms with van der Waals surface area (Å²) in [5.74, 6) is 0. The lowest BCUT2D eigenvalue weighted by Crippen LogP contribution is -2.35. The van der Waals surface area contributed by atoms with Gasteiger partial charge in [0.1, 0.15) is 0 Å².